The number of amides is 2. The Kier molecular flexibility index (Phi) is 3.40. The lowest BCUT2D eigenvalue weighted by Gasteiger charge is -2.34. The average Bonchev–Trinajstić information content (AvgIpc) is 2.61. The van der Waals surface area contributed by atoms with Gasteiger partial charge < -0.3 is 4.74 Å². The van der Waals surface area contributed by atoms with Gasteiger partial charge in [0.2, 0.25) is 0 Å². The number of benzene rings is 1. The van der Waals surface area contributed by atoms with E-state index in [1.54, 1.807) is 45.0 Å². The average molecular weight is 289 g/mol. The van der Waals surface area contributed by atoms with Crippen molar-refractivity contribution in [2.45, 2.75) is 45.8 Å². The maximum atomic E-state index is 12.4. The normalized spacial score (nSPS) is 15.2. The zero-order chi connectivity index (χ0) is 16.0. The summed E-state index contributed by atoms with van der Waals surface area (Å²) in [5, 5.41) is 0. The molecular weight excluding hydrogens is 270 g/mol. The molecule has 0 aliphatic carbocycles. The highest BCUT2D eigenvalue weighted by Gasteiger charge is 2.49. The molecular formula is C16H19NO4. The fourth-order valence-electron chi connectivity index (χ4n) is 2.19. The van der Waals surface area contributed by atoms with Crippen molar-refractivity contribution >= 4 is 17.8 Å². The van der Waals surface area contributed by atoms with E-state index in [0.29, 0.717) is 11.1 Å². The predicted octanol–water partition coefficient (Wildman–Crippen LogP) is 2.40. The number of imide groups is 1. The number of nitrogens with zero attached hydrogens (tertiary/aromatic N) is 1. The van der Waals surface area contributed by atoms with Gasteiger partial charge in [-0.25, -0.2) is 4.79 Å². The summed E-state index contributed by atoms with van der Waals surface area (Å²) in [6, 6.07) is 6.55. The van der Waals surface area contributed by atoms with E-state index in [4.69, 9.17) is 4.74 Å². The van der Waals surface area contributed by atoms with Gasteiger partial charge in [-0.15, -0.1) is 0 Å². The smallest absolute Gasteiger partial charge is 0.332 e. The molecule has 1 aromatic carbocycles. The lowest BCUT2D eigenvalue weighted by Crippen LogP contribution is -2.54. The van der Waals surface area contributed by atoms with Crippen molar-refractivity contribution in [3.63, 3.8) is 0 Å². The fourth-order valence-corrected chi connectivity index (χ4v) is 2.19. The van der Waals surface area contributed by atoms with Crippen LogP contribution in [0.1, 0.15) is 55.3 Å². The Hall–Kier alpha value is -2.17. The summed E-state index contributed by atoms with van der Waals surface area (Å²) < 4.78 is 5.33. The first kappa shape index (κ1) is 15.2. The number of carbonyl (C=O) groups excluding carboxylic acids is 3. The molecule has 1 heterocycles. The molecule has 1 aliphatic heterocycles. The number of hydrogen-bond donors (Lipinski definition) is 0. The molecule has 21 heavy (non-hydrogen) atoms. The van der Waals surface area contributed by atoms with E-state index < -0.39 is 28.9 Å². The van der Waals surface area contributed by atoms with E-state index in [-0.39, 0.29) is 0 Å². The first-order valence-electron chi connectivity index (χ1n) is 6.77. The highest BCUT2D eigenvalue weighted by molar-refractivity contribution is 6.23. The van der Waals surface area contributed by atoms with E-state index in [0.717, 1.165) is 4.90 Å². The molecule has 0 aromatic heterocycles. The standard InChI is InChI=1S/C16H19NO4/c1-15(2,3)21-14(20)16(4,5)17-12(18)10-8-6-7-9-11(10)13(17)19/h6-9H,1-5H3. The second-order valence-corrected chi connectivity index (χ2v) is 6.55. The molecule has 0 N–H and O–H groups in total. The highest BCUT2D eigenvalue weighted by Crippen LogP contribution is 2.30. The summed E-state index contributed by atoms with van der Waals surface area (Å²) in [6.45, 7) is 8.25. The summed E-state index contributed by atoms with van der Waals surface area (Å²) in [7, 11) is 0. The van der Waals surface area contributed by atoms with Crippen molar-refractivity contribution < 1.29 is 19.1 Å². The Balaban J connectivity index is 2.37. The molecule has 2 rings (SSSR count). The Morgan fingerprint density at radius 1 is 0.952 bits per heavy atom. The fraction of sp³-hybridized carbons (Fsp3) is 0.438. The van der Waals surface area contributed by atoms with Crippen LogP contribution in [0.25, 0.3) is 0 Å². The lowest BCUT2D eigenvalue weighted by molar-refractivity contribution is -0.165. The summed E-state index contributed by atoms with van der Waals surface area (Å²) in [4.78, 5) is 38.2. The van der Waals surface area contributed by atoms with E-state index in [1.807, 2.05) is 0 Å². The molecule has 0 atom stereocenters. The molecule has 5 nitrogen and oxygen atoms in total. The van der Waals surface area contributed by atoms with E-state index in [2.05, 4.69) is 0 Å². The van der Waals surface area contributed by atoms with Gasteiger partial charge in [-0.2, -0.15) is 0 Å². The van der Waals surface area contributed by atoms with Gasteiger partial charge in [0.05, 0.1) is 11.1 Å². The maximum Gasteiger partial charge on any atom is 0.332 e. The van der Waals surface area contributed by atoms with Crippen LogP contribution < -0.4 is 0 Å². The lowest BCUT2D eigenvalue weighted by atomic mass is 10.0. The van der Waals surface area contributed by atoms with Crippen LogP contribution >= 0.6 is 0 Å². The third-order valence-electron chi connectivity index (χ3n) is 3.25. The minimum atomic E-state index is -1.36. The molecule has 5 heteroatoms. The second-order valence-electron chi connectivity index (χ2n) is 6.55. The van der Waals surface area contributed by atoms with Gasteiger partial charge in [0, 0.05) is 0 Å². The number of hydrogen-bond acceptors (Lipinski definition) is 4. The highest BCUT2D eigenvalue weighted by atomic mass is 16.6. The van der Waals surface area contributed by atoms with Crippen LogP contribution in [0.3, 0.4) is 0 Å². The van der Waals surface area contributed by atoms with Crippen molar-refractivity contribution in [1.82, 2.24) is 4.90 Å². The summed E-state index contributed by atoms with van der Waals surface area (Å²) in [5.41, 5.74) is -1.41. The Bertz CT molecular complexity index is 590. The van der Waals surface area contributed by atoms with Crippen LogP contribution in [0.4, 0.5) is 0 Å². The number of ether oxygens (including phenoxy) is 1. The third-order valence-corrected chi connectivity index (χ3v) is 3.25. The van der Waals surface area contributed by atoms with Gasteiger partial charge in [0.1, 0.15) is 11.1 Å². The summed E-state index contributed by atoms with van der Waals surface area (Å²) in [6.07, 6.45) is 0. The van der Waals surface area contributed by atoms with Crippen LogP contribution in [0.5, 0.6) is 0 Å². The van der Waals surface area contributed by atoms with Crippen molar-refractivity contribution in [2.24, 2.45) is 0 Å². The van der Waals surface area contributed by atoms with E-state index >= 15 is 0 Å². The summed E-state index contributed by atoms with van der Waals surface area (Å²) >= 11 is 0. The Morgan fingerprint density at radius 3 is 1.76 bits per heavy atom. The van der Waals surface area contributed by atoms with Gasteiger partial charge in [-0.05, 0) is 46.8 Å². The molecule has 0 unspecified atom stereocenters. The second kappa shape index (κ2) is 4.69. The topological polar surface area (TPSA) is 63.7 Å². The minimum absolute atomic E-state index is 0.319. The predicted molar refractivity (Wildman–Crippen MR) is 76.9 cm³/mol. The maximum absolute atomic E-state index is 12.4. The third kappa shape index (κ3) is 2.55. The minimum Gasteiger partial charge on any atom is -0.458 e. The Labute approximate surface area is 123 Å². The van der Waals surface area contributed by atoms with E-state index in [1.165, 1.54) is 13.8 Å². The van der Waals surface area contributed by atoms with Crippen LogP contribution in [0.15, 0.2) is 24.3 Å². The van der Waals surface area contributed by atoms with Crippen molar-refractivity contribution in [1.29, 1.82) is 0 Å². The molecule has 0 spiro atoms. The van der Waals surface area contributed by atoms with Gasteiger partial charge in [0.15, 0.2) is 0 Å². The summed E-state index contributed by atoms with van der Waals surface area (Å²) in [5.74, 6) is -1.54. The first-order valence-corrected chi connectivity index (χ1v) is 6.77. The van der Waals surface area contributed by atoms with Crippen LogP contribution in [-0.2, 0) is 9.53 Å². The largest absolute Gasteiger partial charge is 0.458 e. The van der Waals surface area contributed by atoms with Gasteiger partial charge in [-0.1, -0.05) is 12.1 Å². The molecule has 0 radical (unpaired) electrons. The molecule has 1 aromatic rings. The van der Waals surface area contributed by atoms with Crippen molar-refractivity contribution in [2.75, 3.05) is 0 Å². The molecule has 112 valence electrons. The van der Waals surface area contributed by atoms with Gasteiger partial charge in [-0.3, -0.25) is 14.5 Å². The molecule has 0 bridgehead atoms. The monoisotopic (exact) mass is 289 g/mol. The van der Waals surface area contributed by atoms with Crippen LogP contribution in [0, 0.1) is 0 Å². The molecule has 1 aliphatic rings. The Morgan fingerprint density at radius 2 is 1.38 bits per heavy atom. The van der Waals surface area contributed by atoms with Gasteiger partial charge in [0.25, 0.3) is 11.8 Å². The zero-order valence-electron chi connectivity index (χ0n) is 12.9. The van der Waals surface area contributed by atoms with E-state index in [9.17, 15) is 14.4 Å². The number of carbonyl (C=O) groups is 3. The quantitative estimate of drug-likeness (QED) is 0.619. The van der Waals surface area contributed by atoms with Crippen LogP contribution in [0.2, 0.25) is 0 Å². The number of rotatable bonds is 2. The van der Waals surface area contributed by atoms with Crippen molar-refractivity contribution in [3.8, 4) is 0 Å². The molecule has 0 fully saturated rings. The number of fused-ring (bicyclic) bond motifs is 1. The van der Waals surface area contributed by atoms with Gasteiger partial charge >= 0.3 is 5.97 Å². The number of esters is 1. The molecule has 0 saturated heterocycles. The van der Waals surface area contributed by atoms with Crippen LogP contribution in [-0.4, -0.2) is 33.8 Å². The molecule has 2 amide bonds. The first-order chi connectivity index (χ1) is 9.55. The zero-order valence-corrected chi connectivity index (χ0v) is 12.9. The van der Waals surface area contributed by atoms with Crippen molar-refractivity contribution in [3.05, 3.63) is 35.4 Å². The molecule has 0 saturated carbocycles. The SMILES string of the molecule is CC(C)(C)OC(=O)C(C)(C)N1C(=O)c2ccccc2C1=O.